The second kappa shape index (κ2) is 7.90. The maximum absolute atomic E-state index is 12.2. The molecule has 0 saturated carbocycles. The highest BCUT2D eigenvalue weighted by Gasteiger charge is 2.30. The van der Waals surface area contributed by atoms with E-state index in [-0.39, 0.29) is 24.3 Å². The normalized spacial score (nSPS) is 19.4. The van der Waals surface area contributed by atoms with Crippen molar-refractivity contribution < 1.29 is 23.9 Å². The Labute approximate surface area is 151 Å². The number of piperidine rings is 1. The van der Waals surface area contributed by atoms with Crippen molar-refractivity contribution in [2.75, 3.05) is 19.7 Å². The predicted octanol–water partition coefficient (Wildman–Crippen LogP) is 0.398. The SMILES string of the molecule is C=CC(=O)N1CCC(C(=O)NNC(=O)C2COc3ccccc3O2)CC1. The van der Waals surface area contributed by atoms with Crippen molar-refractivity contribution in [1.29, 1.82) is 0 Å². The molecule has 1 atom stereocenters. The Morgan fingerprint density at radius 2 is 1.73 bits per heavy atom. The van der Waals surface area contributed by atoms with Gasteiger partial charge in [0.1, 0.15) is 6.61 Å². The maximum Gasteiger partial charge on any atom is 0.283 e. The van der Waals surface area contributed by atoms with E-state index in [9.17, 15) is 14.4 Å². The number of nitrogens with zero attached hydrogens (tertiary/aromatic N) is 1. The van der Waals surface area contributed by atoms with E-state index in [1.165, 1.54) is 6.08 Å². The number of carbonyl (C=O) groups is 3. The van der Waals surface area contributed by atoms with Crippen molar-refractivity contribution in [2.45, 2.75) is 18.9 Å². The van der Waals surface area contributed by atoms with E-state index in [0.717, 1.165) is 0 Å². The number of fused-ring (bicyclic) bond motifs is 1. The molecule has 1 fully saturated rings. The van der Waals surface area contributed by atoms with Crippen LogP contribution in [0.25, 0.3) is 0 Å². The number of ether oxygens (including phenoxy) is 2. The molecule has 8 nitrogen and oxygen atoms in total. The van der Waals surface area contributed by atoms with Crippen LogP contribution in [0.3, 0.4) is 0 Å². The van der Waals surface area contributed by atoms with E-state index in [2.05, 4.69) is 17.4 Å². The van der Waals surface area contributed by atoms with Gasteiger partial charge in [0, 0.05) is 19.0 Å². The van der Waals surface area contributed by atoms with Crippen molar-refractivity contribution in [3.05, 3.63) is 36.9 Å². The van der Waals surface area contributed by atoms with Crippen molar-refractivity contribution in [3.8, 4) is 11.5 Å². The Bertz CT molecular complexity index is 713. The van der Waals surface area contributed by atoms with Crippen molar-refractivity contribution in [3.63, 3.8) is 0 Å². The topological polar surface area (TPSA) is 97.0 Å². The summed E-state index contributed by atoms with van der Waals surface area (Å²) in [6.07, 6.45) is 1.51. The maximum atomic E-state index is 12.2. The summed E-state index contributed by atoms with van der Waals surface area (Å²) < 4.78 is 11.1. The summed E-state index contributed by atoms with van der Waals surface area (Å²) in [7, 11) is 0. The monoisotopic (exact) mass is 359 g/mol. The highest BCUT2D eigenvalue weighted by molar-refractivity contribution is 5.88. The number of hydrogen-bond donors (Lipinski definition) is 2. The molecule has 3 amide bonds. The van der Waals surface area contributed by atoms with Gasteiger partial charge < -0.3 is 14.4 Å². The minimum atomic E-state index is -0.836. The molecular formula is C18H21N3O5. The lowest BCUT2D eigenvalue weighted by molar-refractivity contribution is -0.137. The van der Waals surface area contributed by atoms with E-state index in [1.807, 2.05) is 6.07 Å². The summed E-state index contributed by atoms with van der Waals surface area (Å²) in [5.74, 6) is -0.0699. The van der Waals surface area contributed by atoms with Crippen LogP contribution in [-0.4, -0.2) is 48.4 Å². The zero-order chi connectivity index (χ0) is 18.5. The Kier molecular flexibility index (Phi) is 5.40. The summed E-state index contributed by atoms with van der Waals surface area (Å²) in [5.41, 5.74) is 4.82. The molecule has 2 aliphatic heterocycles. The molecule has 0 radical (unpaired) electrons. The highest BCUT2D eigenvalue weighted by Crippen LogP contribution is 2.30. The average molecular weight is 359 g/mol. The molecule has 0 aromatic heterocycles. The minimum Gasteiger partial charge on any atom is -0.485 e. The molecule has 2 aliphatic rings. The molecular weight excluding hydrogens is 338 g/mol. The van der Waals surface area contributed by atoms with Gasteiger partial charge in [-0.05, 0) is 31.1 Å². The lowest BCUT2D eigenvalue weighted by Gasteiger charge is -2.30. The summed E-state index contributed by atoms with van der Waals surface area (Å²) in [5, 5.41) is 0. The second-order valence-corrected chi connectivity index (χ2v) is 6.15. The van der Waals surface area contributed by atoms with E-state index >= 15 is 0 Å². The first-order valence-electron chi connectivity index (χ1n) is 8.48. The lowest BCUT2D eigenvalue weighted by atomic mass is 9.96. The van der Waals surface area contributed by atoms with E-state index < -0.39 is 12.0 Å². The van der Waals surface area contributed by atoms with Gasteiger partial charge in [-0.3, -0.25) is 25.2 Å². The van der Waals surface area contributed by atoms with Gasteiger partial charge in [0.15, 0.2) is 11.5 Å². The molecule has 1 saturated heterocycles. The Morgan fingerprint density at radius 3 is 2.42 bits per heavy atom. The molecule has 138 valence electrons. The fourth-order valence-corrected chi connectivity index (χ4v) is 2.95. The third kappa shape index (κ3) is 3.96. The molecule has 1 unspecified atom stereocenters. The summed E-state index contributed by atoms with van der Waals surface area (Å²) in [6, 6.07) is 7.07. The smallest absolute Gasteiger partial charge is 0.283 e. The van der Waals surface area contributed by atoms with E-state index in [0.29, 0.717) is 37.4 Å². The Balaban J connectivity index is 1.44. The first-order chi connectivity index (χ1) is 12.6. The molecule has 0 aliphatic carbocycles. The second-order valence-electron chi connectivity index (χ2n) is 6.15. The first kappa shape index (κ1) is 17.8. The van der Waals surface area contributed by atoms with E-state index in [4.69, 9.17) is 9.47 Å². The van der Waals surface area contributed by atoms with Crippen molar-refractivity contribution >= 4 is 17.7 Å². The minimum absolute atomic E-state index is 0.0702. The molecule has 3 rings (SSSR count). The molecule has 2 heterocycles. The number of carbonyl (C=O) groups excluding carboxylic acids is 3. The molecule has 8 heteroatoms. The number of para-hydroxylation sites is 2. The number of nitrogens with one attached hydrogen (secondary N) is 2. The molecule has 2 N–H and O–H groups in total. The fraction of sp³-hybridized carbons (Fsp3) is 0.389. The number of hydrogen-bond acceptors (Lipinski definition) is 5. The summed E-state index contributed by atoms with van der Waals surface area (Å²) in [6.45, 7) is 4.51. The fourth-order valence-electron chi connectivity index (χ4n) is 2.95. The first-order valence-corrected chi connectivity index (χ1v) is 8.48. The number of hydrazine groups is 1. The molecule has 1 aromatic carbocycles. The largest absolute Gasteiger partial charge is 0.485 e. The molecule has 26 heavy (non-hydrogen) atoms. The van der Waals surface area contributed by atoms with Crippen LogP contribution in [0.4, 0.5) is 0 Å². The molecule has 0 spiro atoms. The van der Waals surface area contributed by atoms with Gasteiger partial charge in [-0.25, -0.2) is 0 Å². The molecule has 1 aromatic rings. The van der Waals surface area contributed by atoms with Gasteiger partial charge in [0.2, 0.25) is 17.9 Å². The number of amides is 3. The zero-order valence-electron chi connectivity index (χ0n) is 14.3. The van der Waals surface area contributed by atoms with Crippen LogP contribution in [0, 0.1) is 5.92 Å². The number of benzene rings is 1. The summed E-state index contributed by atoms with van der Waals surface area (Å²) in [4.78, 5) is 37.6. The third-order valence-electron chi connectivity index (χ3n) is 4.46. The highest BCUT2D eigenvalue weighted by atomic mass is 16.6. The van der Waals surface area contributed by atoms with Gasteiger partial charge in [-0.15, -0.1) is 0 Å². The standard InChI is InChI=1S/C18H21N3O5/c1-2-16(22)21-9-7-12(8-10-21)17(23)19-20-18(24)15-11-25-13-5-3-4-6-14(13)26-15/h2-6,12,15H,1,7-11H2,(H,19,23)(H,20,24). The van der Waals surface area contributed by atoms with Crippen LogP contribution >= 0.6 is 0 Å². The molecule has 0 bridgehead atoms. The summed E-state index contributed by atoms with van der Waals surface area (Å²) >= 11 is 0. The van der Waals surface area contributed by atoms with Crippen LogP contribution in [0.2, 0.25) is 0 Å². The Morgan fingerprint density at radius 1 is 1.08 bits per heavy atom. The quantitative estimate of drug-likeness (QED) is 0.601. The third-order valence-corrected chi connectivity index (χ3v) is 4.46. The average Bonchev–Trinajstić information content (AvgIpc) is 2.70. The van der Waals surface area contributed by atoms with Crippen LogP contribution in [0.15, 0.2) is 36.9 Å². The lowest BCUT2D eigenvalue weighted by Crippen LogP contribution is -2.53. The number of rotatable bonds is 3. The van der Waals surface area contributed by atoms with Crippen LogP contribution < -0.4 is 20.3 Å². The van der Waals surface area contributed by atoms with Gasteiger partial charge in [-0.2, -0.15) is 0 Å². The van der Waals surface area contributed by atoms with Crippen LogP contribution in [-0.2, 0) is 14.4 Å². The van der Waals surface area contributed by atoms with Gasteiger partial charge in [0.25, 0.3) is 5.91 Å². The predicted molar refractivity (Wildman–Crippen MR) is 92.1 cm³/mol. The van der Waals surface area contributed by atoms with E-state index in [1.54, 1.807) is 23.1 Å². The van der Waals surface area contributed by atoms with Crippen molar-refractivity contribution in [2.24, 2.45) is 5.92 Å². The number of likely N-dealkylation sites (tertiary alicyclic amines) is 1. The van der Waals surface area contributed by atoms with Gasteiger partial charge >= 0.3 is 0 Å². The van der Waals surface area contributed by atoms with Crippen molar-refractivity contribution in [1.82, 2.24) is 15.8 Å². The zero-order valence-corrected chi connectivity index (χ0v) is 14.3. The van der Waals surface area contributed by atoms with Crippen LogP contribution in [0.5, 0.6) is 11.5 Å². The Hall–Kier alpha value is -3.03. The van der Waals surface area contributed by atoms with Gasteiger partial charge in [-0.1, -0.05) is 18.7 Å². The van der Waals surface area contributed by atoms with Gasteiger partial charge in [0.05, 0.1) is 0 Å². The van der Waals surface area contributed by atoms with Crippen LogP contribution in [0.1, 0.15) is 12.8 Å².